The molecule has 1 amide bonds. The van der Waals surface area contributed by atoms with Crippen molar-refractivity contribution in [2.24, 2.45) is 5.73 Å². The summed E-state index contributed by atoms with van der Waals surface area (Å²) in [6, 6.07) is 4.42. The molecule has 1 aliphatic rings. The highest BCUT2D eigenvalue weighted by Crippen LogP contribution is 2.30. The number of primary amides is 1. The average molecular weight is 285 g/mol. The molecule has 1 aromatic carbocycles. The van der Waals surface area contributed by atoms with Crippen LogP contribution < -0.4 is 11.1 Å². The van der Waals surface area contributed by atoms with Gasteiger partial charge in [0.25, 0.3) is 0 Å². The highest BCUT2D eigenvalue weighted by Gasteiger charge is 2.42. The van der Waals surface area contributed by atoms with E-state index in [1.54, 1.807) is 0 Å². The normalized spacial score (nSPS) is 22.2. The van der Waals surface area contributed by atoms with Gasteiger partial charge in [0, 0.05) is 18.6 Å². The molecule has 1 atom stereocenters. The molecule has 4 N–H and O–H groups in total. The van der Waals surface area contributed by atoms with Crippen LogP contribution in [0.5, 0.6) is 0 Å². The lowest BCUT2D eigenvalue weighted by atomic mass is 9.98. The van der Waals surface area contributed by atoms with E-state index in [1.165, 1.54) is 18.2 Å². The first-order chi connectivity index (χ1) is 8.94. The Balaban J connectivity index is 2.28. The lowest BCUT2D eigenvalue weighted by Crippen LogP contribution is -2.47. The van der Waals surface area contributed by atoms with Crippen molar-refractivity contribution < 1.29 is 19.4 Å². The molecule has 0 spiro atoms. The van der Waals surface area contributed by atoms with Crippen LogP contribution in [0, 0.1) is 0 Å². The van der Waals surface area contributed by atoms with Crippen molar-refractivity contribution in [3.63, 3.8) is 0 Å². The number of amides is 1. The molecule has 1 heterocycles. The fourth-order valence-electron chi connectivity index (χ4n) is 1.91. The minimum atomic E-state index is -1.18. The maximum absolute atomic E-state index is 11.4. The number of carbonyl (C=O) groups excluding carboxylic acids is 1. The standard InChI is InChI=1S/C12H13ClN2O4/c13-8-5-7(10(14)16)1-2-9(8)15-12(11(17)18)3-4-19-6-12/h1-2,5,15H,3-4,6H2,(H2,14,16)(H,17,18). The summed E-state index contributed by atoms with van der Waals surface area (Å²) in [5.74, 6) is -1.59. The van der Waals surface area contributed by atoms with E-state index in [9.17, 15) is 14.7 Å². The van der Waals surface area contributed by atoms with Gasteiger partial charge in [-0.1, -0.05) is 11.6 Å². The molecule has 7 heteroatoms. The topological polar surface area (TPSA) is 102 Å². The van der Waals surface area contributed by atoms with Crippen LogP contribution in [-0.4, -0.2) is 35.7 Å². The van der Waals surface area contributed by atoms with Gasteiger partial charge < -0.3 is 20.9 Å². The Bertz CT molecular complexity index is 526. The van der Waals surface area contributed by atoms with Gasteiger partial charge in [-0.05, 0) is 18.2 Å². The molecule has 1 aliphatic heterocycles. The van der Waals surface area contributed by atoms with Crippen LogP contribution in [0.3, 0.4) is 0 Å². The Kier molecular flexibility index (Phi) is 3.64. The Morgan fingerprint density at radius 1 is 1.47 bits per heavy atom. The Labute approximate surface area is 114 Å². The molecule has 0 aliphatic carbocycles. The number of aliphatic carboxylic acids is 1. The van der Waals surface area contributed by atoms with Gasteiger partial charge in [0.2, 0.25) is 5.91 Å². The summed E-state index contributed by atoms with van der Waals surface area (Å²) in [5, 5.41) is 12.4. The summed E-state index contributed by atoms with van der Waals surface area (Å²) < 4.78 is 5.14. The number of ether oxygens (including phenoxy) is 1. The number of carboxylic acids is 1. The fourth-order valence-corrected chi connectivity index (χ4v) is 2.14. The van der Waals surface area contributed by atoms with Crippen molar-refractivity contribution in [1.82, 2.24) is 0 Å². The number of rotatable bonds is 4. The fraction of sp³-hybridized carbons (Fsp3) is 0.333. The first kappa shape index (κ1) is 13.6. The van der Waals surface area contributed by atoms with Crippen molar-refractivity contribution in [3.8, 4) is 0 Å². The number of carboxylic acid groups (broad SMARTS) is 1. The summed E-state index contributed by atoms with van der Waals surface area (Å²) in [6.45, 7) is 0.437. The molecule has 1 aromatic rings. The first-order valence-corrected chi connectivity index (χ1v) is 6.01. The molecule has 0 radical (unpaired) electrons. The predicted molar refractivity (Wildman–Crippen MR) is 69.4 cm³/mol. The molecule has 6 nitrogen and oxygen atoms in total. The second kappa shape index (κ2) is 5.07. The molecule has 1 fully saturated rings. The number of anilines is 1. The monoisotopic (exact) mass is 284 g/mol. The summed E-state index contributed by atoms with van der Waals surface area (Å²) in [5.41, 5.74) is 4.65. The van der Waals surface area contributed by atoms with E-state index in [0.29, 0.717) is 18.7 Å². The van der Waals surface area contributed by atoms with Gasteiger partial charge in [-0.25, -0.2) is 4.79 Å². The molecule has 0 aromatic heterocycles. The van der Waals surface area contributed by atoms with Gasteiger partial charge in [0.1, 0.15) is 0 Å². The third-order valence-electron chi connectivity index (χ3n) is 3.06. The second-order valence-corrected chi connectivity index (χ2v) is 4.78. The number of hydrogen-bond donors (Lipinski definition) is 3. The van der Waals surface area contributed by atoms with E-state index in [4.69, 9.17) is 22.1 Å². The number of hydrogen-bond acceptors (Lipinski definition) is 4. The lowest BCUT2D eigenvalue weighted by molar-refractivity contribution is -0.142. The van der Waals surface area contributed by atoms with Crippen molar-refractivity contribution in [2.75, 3.05) is 18.5 Å². The Morgan fingerprint density at radius 3 is 2.68 bits per heavy atom. The molecule has 1 unspecified atom stereocenters. The minimum absolute atomic E-state index is 0.0657. The van der Waals surface area contributed by atoms with Crippen molar-refractivity contribution in [1.29, 1.82) is 0 Å². The molecule has 19 heavy (non-hydrogen) atoms. The number of carbonyl (C=O) groups is 2. The minimum Gasteiger partial charge on any atom is -0.479 e. The highest BCUT2D eigenvalue weighted by atomic mass is 35.5. The Hall–Kier alpha value is -1.79. The maximum Gasteiger partial charge on any atom is 0.331 e. The van der Waals surface area contributed by atoms with Crippen LogP contribution in [0.2, 0.25) is 5.02 Å². The zero-order valence-corrected chi connectivity index (χ0v) is 10.7. The number of benzene rings is 1. The van der Waals surface area contributed by atoms with Crippen LogP contribution in [0.4, 0.5) is 5.69 Å². The van der Waals surface area contributed by atoms with Crippen molar-refractivity contribution in [2.45, 2.75) is 12.0 Å². The third kappa shape index (κ3) is 2.64. The van der Waals surface area contributed by atoms with Crippen LogP contribution in [0.15, 0.2) is 18.2 Å². The zero-order chi connectivity index (χ0) is 14.0. The zero-order valence-electron chi connectivity index (χ0n) is 9.98. The molecule has 1 saturated heterocycles. The maximum atomic E-state index is 11.4. The van der Waals surface area contributed by atoms with Gasteiger partial charge in [-0.15, -0.1) is 0 Å². The second-order valence-electron chi connectivity index (χ2n) is 4.37. The van der Waals surface area contributed by atoms with Crippen LogP contribution in [0.1, 0.15) is 16.8 Å². The van der Waals surface area contributed by atoms with Gasteiger partial charge in [-0.3, -0.25) is 4.79 Å². The van der Waals surface area contributed by atoms with Gasteiger partial charge >= 0.3 is 5.97 Å². The van der Waals surface area contributed by atoms with Crippen LogP contribution >= 0.6 is 11.6 Å². The smallest absolute Gasteiger partial charge is 0.331 e. The molecule has 102 valence electrons. The molecular formula is C12H13ClN2O4. The summed E-state index contributed by atoms with van der Waals surface area (Å²) in [6.07, 6.45) is 0.343. The quantitative estimate of drug-likeness (QED) is 0.768. The number of nitrogens with one attached hydrogen (secondary N) is 1. The largest absolute Gasteiger partial charge is 0.479 e. The molecular weight excluding hydrogens is 272 g/mol. The Morgan fingerprint density at radius 2 is 2.21 bits per heavy atom. The average Bonchev–Trinajstić information content (AvgIpc) is 2.81. The molecule has 0 bridgehead atoms. The molecule has 2 rings (SSSR count). The van der Waals surface area contributed by atoms with Crippen LogP contribution in [0.25, 0.3) is 0 Å². The van der Waals surface area contributed by atoms with Crippen molar-refractivity contribution >= 4 is 29.2 Å². The summed E-state index contributed by atoms with van der Waals surface area (Å²) >= 11 is 6.01. The van der Waals surface area contributed by atoms with E-state index < -0.39 is 17.4 Å². The molecule has 0 saturated carbocycles. The van der Waals surface area contributed by atoms with Gasteiger partial charge in [-0.2, -0.15) is 0 Å². The predicted octanol–water partition coefficient (Wildman–Crippen LogP) is 1.09. The van der Waals surface area contributed by atoms with E-state index in [-0.39, 0.29) is 17.2 Å². The number of halogens is 1. The lowest BCUT2D eigenvalue weighted by Gasteiger charge is -2.25. The van der Waals surface area contributed by atoms with E-state index in [2.05, 4.69) is 5.32 Å². The number of nitrogens with two attached hydrogens (primary N) is 1. The van der Waals surface area contributed by atoms with E-state index in [0.717, 1.165) is 0 Å². The summed E-state index contributed by atoms with van der Waals surface area (Å²) in [7, 11) is 0. The first-order valence-electron chi connectivity index (χ1n) is 5.63. The highest BCUT2D eigenvalue weighted by molar-refractivity contribution is 6.33. The van der Waals surface area contributed by atoms with Crippen LogP contribution in [-0.2, 0) is 9.53 Å². The van der Waals surface area contributed by atoms with E-state index >= 15 is 0 Å². The van der Waals surface area contributed by atoms with Gasteiger partial charge in [0.15, 0.2) is 5.54 Å². The summed E-state index contributed by atoms with van der Waals surface area (Å²) in [4.78, 5) is 22.4. The van der Waals surface area contributed by atoms with Crippen molar-refractivity contribution in [3.05, 3.63) is 28.8 Å². The van der Waals surface area contributed by atoms with Gasteiger partial charge in [0.05, 0.1) is 17.3 Å². The SMILES string of the molecule is NC(=O)c1ccc(NC2(C(=O)O)CCOC2)c(Cl)c1. The third-order valence-corrected chi connectivity index (χ3v) is 3.37. The van der Waals surface area contributed by atoms with E-state index in [1.807, 2.05) is 0 Å².